The zero-order chi connectivity index (χ0) is 19.8. The Hall–Kier alpha value is -1.89. The third kappa shape index (κ3) is 5.09. The van der Waals surface area contributed by atoms with Gasteiger partial charge in [-0.2, -0.15) is 0 Å². The number of methoxy groups -OCH3 is 2. The maximum Gasteiger partial charge on any atom is 0.277 e. The van der Waals surface area contributed by atoms with Crippen molar-refractivity contribution in [1.82, 2.24) is 9.80 Å². The van der Waals surface area contributed by atoms with Crippen molar-refractivity contribution in [3.63, 3.8) is 0 Å². The number of nitrogens with zero attached hydrogens (tertiary/aromatic N) is 2. The molecule has 1 aliphatic heterocycles. The third-order valence-corrected chi connectivity index (χ3v) is 4.71. The lowest BCUT2D eigenvalue weighted by Crippen LogP contribution is -2.38. The smallest absolute Gasteiger partial charge is 0.277 e. The monoisotopic (exact) mass is 394 g/mol. The maximum atomic E-state index is 13.1. The van der Waals surface area contributed by atoms with E-state index in [0.717, 1.165) is 12.8 Å². The van der Waals surface area contributed by atoms with Crippen molar-refractivity contribution in [3.05, 3.63) is 40.5 Å². The van der Waals surface area contributed by atoms with E-state index in [2.05, 4.69) is 0 Å². The maximum absolute atomic E-state index is 13.1. The first kappa shape index (κ1) is 21.4. The summed E-state index contributed by atoms with van der Waals surface area (Å²) in [4.78, 5) is 29.5. The van der Waals surface area contributed by atoms with Crippen molar-refractivity contribution in [2.75, 3.05) is 47.1 Å². The van der Waals surface area contributed by atoms with Crippen LogP contribution in [0.15, 0.2) is 30.0 Å². The number of halogens is 1. The molecule has 0 spiro atoms. The largest absolute Gasteiger partial charge is 0.383 e. The highest BCUT2D eigenvalue weighted by molar-refractivity contribution is 6.36. The fourth-order valence-electron chi connectivity index (χ4n) is 2.99. The number of hydrogen-bond acceptors (Lipinski definition) is 5. The van der Waals surface area contributed by atoms with Crippen LogP contribution in [0.5, 0.6) is 0 Å². The van der Waals surface area contributed by atoms with Gasteiger partial charge in [-0.15, -0.1) is 0 Å². The Balaban J connectivity index is 2.48. The fourth-order valence-corrected chi connectivity index (χ4v) is 3.12. The molecule has 0 aliphatic carbocycles. The highest BCUT2D eigenvalue weighted by Crippen LogP contribution is 2.32. The standard InChI is InChI=1S/C20H27ClN2O4/c1-4-5-10-23-19(24)17(15-6-8-16(21)9-7-15)18(20(23)25)22(11-13-26-2)12-14-27-3/h6-9H,4-5,10-14H2,1-3H3. The van der Waals surface area contributed by atoms with Crippen LogP contribution in [-0.2, 0) is 19.1 Å². The predicted octanol–water partition coefficient (Wildman–Crippen LogP) is 2.81. The first-order valence-corrected chi connectivity index (χ1v) is 9.52. The molecule has 6 nitrogen and oxygen atoms in total. The second-order valence-corrected chi connectivity index (χ2v) is 6.76. The molecule has 2 rings (SSSR count). The number of carbonyl (C=O) groups excluding carboxylic acids is 2. The summed E-state index contributed by atoms with van der Waals surface area (Å²) in [7, 11) is 3.22. The van der Waals surface area contributed by atoms with E-state index in [0.29, 0.717) is 54.7 Å². The average Bonchev–Trinajstić information content (AvgIpc) is 2.91. The summed E-state index contributed by atoms with van der Waals surface area (Å²) >= 11 is 5.99. The van der Waals surface area contributed by atoms with Crippen LogP contribution in [0.4, 0.5) is 0 Å². The van der Waals surface area contributed by atoms with Gasteiger partial charge in [0.15, 0.2) is 0 Å². The Labute approximate surface area is 165 Å². The van der Waals surface area contributed by atoms with Gasteiger partial charge < -0.3 is 14.4 Å². The van der Waals surface area contributed by atoms with Crippen molar-refractivity contribution in [2.24, 2.45) is 0 Å². The van der Waals surface area contributed by atoms with Crippen molar-refractivity contribution in [2.45, 2.75) is 19.8 Å². The predicted molar refractivity (Wildman–Crippen MR) is 105 cm³/mol. The Morgan fingerprint density at radius 2 is 1.59 bits per heavy atom. The fraction of sp³-hybridized carbons (Fsp3) is 0.500. The molecule has 1 heterocycles. The van der Waals surface area contributed by atoms with E-state index in [1.807, 2.05) is 11.8 Å². The molecule has 27 heavy (non-hydrogen) atoms. The number of unbranched alkanes of at least 4 members (excludes halogenated alkanes) is 1. The van der Waals surface area contributed by atoms with Gasteiger partial charge in [-0.3, -0.25) is 14.5 Å². The molecule has 2 amide bonds. The number of imide groups is 1. The van der Waals surface area contributed by atoms with Crippen LogP contribution in [0.1, 0.15) is 25.3 Å². The van der Waals surface area contributed by atoms with Crippen LogP contribution < -0.4 is 0 Å². The zero-order valence-corrected chi connectivity index (χ0v) is 16.9. The molecule has 1 aromatic rings. The second kappa shape index (κ2) is 10.4. The molecule has 148 valence electrons. The highest BCUT2D eigenvalue weighted by Gasteiger charge is 2.41. The van der Waals surface area contributed by atoms with E-state index in [1.54, 1.807) is 38.5 Å². The number of hydrogen-bond donors (Lipinski definition) is 0. The minimum absolute atomic E-state index is 0.259. The summed E-state index contributed by atoms with van der Waals surface area (Å²) in [6.45, 7) is 4.31. The average molecular weight is 395 g/mol. The molecule has 1 aromatic carbocycles. The molecule has 1 aliphatic rings. The highest BCUT2D eigenvalue weighted by atomic mass is 35.5. The van der Waals surface area contributed by atoms with Crippen LogP contribution in [-0.4, -0.2) is 68.7 Å². The Kier molecular flexibility index (Phi) is 8.28. The van der Waals surface area contributed by atoms with E-state index in [9.17, 15) is 9.59 Å². The summed E-state index contributed by atoms with van der Waals surface area (Å²) in [5.74, 6) is -0.517. The van der Waals surface area contributed by atoms with Gasteiger partial charge in [-0.25, -0.2) is 0 Å². The topological polar surface area (TPSA) is 59.1 Å². The molecule has 0 bridgehead atoms. The molecular weight excluding hydrogens is 368 g/mol. The summed E-state index contributed by atoms with van der Waals surface area (Å²) < 4.78 is 10.4. The number of rotatable bonds is 11. The van der Waals surface area contributed by atoms with Gasteiger partial charge in [0.05, 0.1) is 18.8 Å². The van der Waals surface area contributed by atoms with Gasteiger partial charge in [-0.1, -0.05) is 37.1 Å². The van der Waals surface area contributed by atoms with Crippen molar-refractivity contribution in [1.29, 1.82) is 0 Å². The number of ether oxygens (including phenoxy) is 2. The van der Waals surface area contributed by atoms with Gasteiger partial charge in [-0.05, 0) is 24.1 Å². The zero-order valence-electron chi connectivity index (χ0n) is 16.2. The molecule has 0 fully saturated rings. The van der Waals surface area contributed by atoms with Gasteiger partial charge in [0.1, 0.15) is 5.70 Å². The third-order valence-electron chi connectivity index (χ3n) is 4.46. The van der Waals surface area contributed by atoms with E-state index in [1.165, 1.54) is 4.90 Å². The lowest BCUT2D eigenvalue weighted by molar-refractivity contribution is -0.137. The molecule has 0 N–H and O–H groups in total. The Bertz CT molecular complexity index is 680. The van der Waals surface area contributed by atoms with Crippen molar-refractivity contribution in [3.8, 4) is 0 Å². The Morgan fingerprint density at radius 3 is 2.11 bits per heavy atom. The van der Waals surface area contributed by atoms with Gasteiger partial charge in [0.2, 0.25) is 0 Å². The lowest BCUT2D eigenvalue weighted by Gasteiger charge is -2.25. The summed E-state index contributed by atoms with van der Waals surface area (Å²) in [5.41, 5.74) is 1.51. The van der Waals surface area contributed by atoms with Crippen LogP contribution >= 0.6 is 11.6 Å². The summed E-state index contributed by atoms with van der Waals surface area (Å²) in [6.07, 6.45) is 1.68. The minimum Gasteiger partial charge on any atom is -0.383 e. The SMILES string of the molecule is CCCCN1C(=O)C(c2ccc(Cl)cc2)=C(N(CCOC)CCOC)C1=O. The first-order valence-electron chi connectivity index (χ1n) is 9.14. The first-order chi connectivity index (χ1) is 13.0. The van der Waals surface area contributed by atoms with Crippen LogP contribution in [0.25, 0.3) is 5.57 Å². The van der Waals surface area contributed by atoms with Crippen LogP contribution in [0.2, 0.25) is 5.02 Å². The summed E-state index contributed by atoms with van der Waals surface area (Å²) in [5, 5.41) is 0.580. The minimum atomic E-state index is -0.259. The van der Waals surface area contributed by atoms with Gasteiger partial charge in [0, 0.05) is 38.9 Å². The molecule has 7 heteroatoms. The Morgan fingerprint density at radius 1 is 1.00 bits per heavy atom. The molecule has 0 aromatic heterocycles. The van der Waals surface area contributed by atoms with Crippen LogP contribution in [0, 0.1) is 0 Å². The molecule has 0 saturated heterocycles. The quantitative estimate of drug-likeness (QED) is 0.540. The number of amides is 2. The molecule has 0 unspecified atom stereocenters. The molecule has 0 saturated carbocycles. The molecular formula is C20H27ClN2O4. The van der Waals surface area contributed by atoms with E-state index in [-0.39, 0.29) is 11.8 Å². The lowest BCUT2D eigenvalue weighted by atomic mass is 10.0. The molecule has 0 radical (unpaired) electrons. The number of carbonyl (C=O) groups is 2. The molecule has 0 atom stereocenters. The second-order valence-electron chi connectivity index (χ2n) is 6.32. The van der Waals surface area contributed by atoms with Gasteiger partial charge >= 0.3 is 0 Å². The number of benzene rings is 1. The summed E-state index contributed by atoms with van der Waals surface area (Å²) in [6, 6.07) is 7.00. The normalized spacial score (nSPS) is 14.4. The van der Waals surface area contributed by atoms with E-state index in [4.69, 9.17) is 21.1 Å². The van der Waals surface area contributed by atoms with E-state index >= 15 is 0 Å². The van der Waals surface area contributed by atoms with Crippen LogP contribution in [0.3, 0.4) is 0 Å². The van der Waals surface area contributed by atoms with Gasteiger partial charge in [0.25, 0.3) is 11.8 Å². The van der Waals surface area contributed by atoms with E-state index < -0.39 is 0 Å². The van der Waals surface area contributed by atoms with Crippen molar-refractivity contribution >= 4 is 29.0 Å². The van der Waals surface area contributed by atoms with Crippen molar-refractivity contribution < 1.29 is 19.1 Å².